The molecule has 3 N–H and O–H groups in total. The van der Waals surface area contributed by atoms with Gasteiger partial charge in [-0.05, 0) is 62.4 Å². The van der Waals surface area contributed by atoms with Gasteiger partial charge in [-0.25, -0.2) is 9.97 Å². The summed E-state index contributed by atoms with van der Waals surface area (Å²) in [4.78, 5) is 8.88. The summed E-state index contributed by atoms with van der Waals surface area (Å²) >= 11 is 0. The van der Waals surface area contributed by atoms with Gasteiger partial charge < -0.3 is 20.5 Å². The van der Waals surface area contributed by atoms with Gasteiger partial charge in [-0.15, -0.1) is 0 Å². The van der Waals surface area contributed by atoms with Gasteiger partial charge in [0.1, 0.15) is 23.1 Å². The summed E-state index contributed by atoms with van der Waals surface area (Å²) < 4.78 is 10.9. The second kappa shape index (κ2) is 8.20. The van der Waals surface area contributed by atoms with Crippen LogP contribution in [-0.4, -0.2) is 23.2 Å². The molecule has 26 heavy (non-hydrogen) atoms. The summed E-state index contributed by atoms with van der Waals surface area (Å²) in [5.74, 6) is 3.23. The van der Waals surface area contributed by atoms with Crippen molar-refractivity contribution in [2.75, 3.05) is 24.3 Å². The quantitative estimate of drug-likeness (QED) is 0.662. The summed E-state index contributed by atoms with van der Waals surface area (Å²) in [6, 6.07) is 17.0. The number of anilines is 3. The van der Waals surface area contributed by atoms with Gasteiger partial charge in [0.2, 0.25) is 0 Å². The Morgan fingerprint density at radius 3 is 2.00 bits per heavy atom. The van der Waals surface area contributed by atoms with Gasteiger partial charge in [0.05, 0.1) is 13.2 Å². The molecule has 0 spiro atoms. The molecule has 0 aliphatic rings. The molecule has 0 unspecified atom stereocenters. The van der Waals surface area contributed by atoms with Crippen molar-refractivity contribution < 1.29 is 9.47 Å². The smallest absolute Gasteiger partial charge is 0.163 e. The van der Waals surface area contributed by atoms with Crippen molar-refractivity contribution in [2.24, 2.45) is 0 Å². The van der Waals surface area contributed by atoms with E-state index < -0.39 is 0 Å². The molecular formula is C20H22N4O2. The Morgan fingerprint density at radius 1 is 0.846 bits per heavy atom. The SMILES string of the molecule is CCOc1ccc(Nc2cc(N)nc(-c3ccc(OCC)cc3)n2)cc1. The van der Waals surface area contributed by atoms with Gasteiger partial charge >= 0.3 is 0 Å². The Morgan fingerprint density at radius 2 is 1.42 bits per heavy atom. The highest BCUT2D eigenvalue weighted by atomic mass is 16.5. The van der Waals surface area contributed by atoms with Crippen molar-refractivity contribution in [3.8, 4) is 22.9 Å². The van der Waals surface area contributed by atoms with E-state index in [2.05, 4.69) is 15.3 Å². The number of hydrogen-bond acceptors (Lipinski definition) is 6. The monoisotopic (exact) mass is 350 g/mol. The summed E-state index contributed by atoms with van der Waals surface area (Å²) in [5, 5.41) is 3.24. The zero-order chi connectivity index (χ0) is 18.4. The molecule has 1 heterocycles. The Hall–Kier alpha value is -3.28. The molecule has 6 nitrogen and oxygen atoms in total. The van der Waals surface area contributed by atoms with Crippen molar-refractivity contribution in [1.82, 2.24) is 9.97 Å². The van der Waals surface area contributed by atoms with E-state index >= 15 is 0 Å². The Bertz CT molecular complexity index is 849. The highest BCUT2D eigenvalue weighted by Crippen LogP contribution is 2.24. The fourth-order valence-electron chi connectivity index (χ4n) is 2.48. The number of ether oxygens (including phenoxy) is 2. The molecule has 1 aromatic heterocycles. The van der Waals surface area contributed by atoms with E-state index in [1.54, 1.807) is 6.07 Å². The average Bonchev–Trinajstić information content (AvgIpc) is 2.64. The molecule has 3 rings (SSSR count). The molecular weight excluding hydrogens is 328 g/mol. The molecule has 0 aliphatic carbocycles. The lowest BCUT2D eigenvalue weighted by atomic mass is 10.2. The van der Waals surface area contributed by atoms with E-state index in [9.17, 15) is 0 Å². The highest BCUT2D eigenvalue weighted by molar-refractivity contribution is 5.65. The largest absolute Gasteiger partial charge is 0.494 e. The predicted octanol–water partition coefficient (Wildman–Crippen LogP) is 4.27. The summed E-state index contributed by atoms with van der Waals surface area (Å²) in [7, 11) is 0. The third-order valence-corrected chi connectivity index (χ3v) is 3.61. The number of nitrogens with one attached hydrogen (secondary N) is 1. The van der Waals surface area contributed by atoms with Crippen LogP contribution in [0.4, 0.5) is 17.3 Å². The second-order valence-corrected chi connectivity index (χ2v) is 5.54. The molecule has 134 valence electrons. The molecule has 0 amide bonds. The lowest BCUT2D eigenvalue weighted by Crippen LogP contribution is -2.01. The Balaban J connectivity index is 1.80. The first-order chi connectivity index (χ1) is 12.7. The number of nitrogen functional groups attached to an aromatic ring is 1. The molecule has 0 aliphatic heterocycles. The highest BCUT2D eigenvalue weighted by Gasteiger charge is 2.07. The van der Waals surface area contributed by atoms with Gasteiger partial charge in [-0.2, -0.15) is 0 Å². The van der Waals surface area contributed by atoms with Crippen LogP contribution in [0.2, 0.25) is 0 Å². The van der Waals surface area contributed by atoms with Crippen LogP contribution in [0.3, 0.4) is 0 Å². The molecule has 6 heteroatoms. The number of nitrogens with two attached hydrogens (primary N) is 1. The number of hydrogen-bond donors (Lipinski definition) is 2. The van der Waals surface area contributed by atoms with Crippen LogP contribution in [-0.2, 0) is 0 Å². The van der Waals surface area contributed by atoms with Gasteiger partial charge in [-0.3, -0.25) is 0 Å². The second-order valence-electron chi connectivity index (χ2n) is 5.54. The summed E-state index contributed by atoms with van der Waals surface area (Å²) in [6.45, 7) is 5.18. The molecule has 0 fully saturated rings. The molecule has 3 aromatic rings. The first-order valence-corrected chi connectivity index (χ1v) is 8.55. The number of nitrogens with zero attached hydrogens (tertiary/aromatic N) is 2. The van der Waals surface area contributed by atoms with Crippen molar-refractivity contribution in [3.05, 3.63) is 54.6 Å². The van der Waals surface area contributed by atoms with E-state index in [0.29, 0.717) is 30.7 Å². The predicted molar refractivity (Wildman–Crippen MR) is 104 cm³/mol. The average molecular weight is 350 g/mol. The molecule has 0 saturated carbocycles. The van der Waals surface area contributed by atoms with Crippen LogP contribution in [0.1, 0.15) is 13.8 Å². The zero-order valence-electron chi connectivity index (χ0n) is 14.9. The van der Waals surface area contributed by atoms with E-state index in [1.807, 2.05) is 62.4 Å². The van der Waals surface area contributed by atoms with Crippen molar-refractivity contribution in [3.63, 3.8) is 0 Å². The first-order valence-electron chi connectivity index (χ1n) is 8.55. The van der Waals surface area contributed by atoms with Crippen LogP contribution in [0, 0.1) is 0 Å². The number of benzene rings is 2. The Kier molecular flexibility index (Phi) is 5.53. The fourth-order valence-corrected chi connectivity index (χ4v) is 2.48. The number of aromatic nitrogens is 2. The van der Waals surface area contributed by atoms with E-state index in [4.69, 9.17) is 15.2 Å². The van der Waals surface area contributed by atoms with E-state index in [1.165, 1.54) is 0 Å². The lowest BCUT2D eigenvalue weighted by molar-refractivity contribution is 0.340. The minimum Gasteiger partial charge on any atom is -0.494 e. The van der Waals surface area contributed by atoms with Gasteiger partial charge in [0, 0.05) is 17.3 Å². The molecule has 0 radical (unpaired) electrons. The van der Waals surface area contributed by atoms with Crippen molar-refractivity contribution in [1.29, 1.82) is 0 Å². The maximum Gasteiger partial charge on any atom is 0.163 e. The minimum atomic E-state index is 0.400. The fraction of sp³-hybridized carbons (Fsp3) is 0.200. The van der Waals surface area contributed by atoms with Gasteiger partial charge in [0.25, 0.3) is 0 Å². The van der Waals surface area contributed by atoms with Crippen LogP contribution in [0.25, 0.3) is 11.4 Å². The molecule has 0 atom stereocenters. The van der Waals surface area contributed by atoms with Gasteiger partial charge in [-0.1, -0.05) is 0 Å². The van der Waals surface area contributed by atoms with Crippen LogP contribution < -0.4 is 20.5 Å². The van der Waals surface area contributed by atoms with Crippen molar-refractivity contribution >= 4 is 17.3 Å². The maximum absolute atomic E-state index is 5.96. The molecule has 0 bridgehead atoms. The van der Waals surface area contributed by atoms with E-state index in [0.717, 1.165) is 22.7 Å². The normalized spacial score (nSPS) is 10.4. The molecule has 2 aromatic carbocycles. The first kappa shape index (κ1) is 17.5. The number of rotatable bonds is 7. The van der Waals surface area contributed by atoms with E-state index in [-0.39, 0.29) is 0 Å². The van der Waals surface area contributed by atoms with Crippen LogP contribution >= 0.6 is 0 Å². The summed E-state index contributed by atoms with van der Waals surface area (Å²) in [6.07, 6.45) is 0. The topological polar surface area (TPSA) is 82.3 Å². The summed E-state index contributed by atoms with van der Waals surface area (Å²) in [5.41, 5.74) is 7.72. The van der Waals surface area contributed by atoms with Crippen LogP contribution in [0.15, 0.2) is 54.6 Å². The Labute approximate surface area is 153 Å². The lowest BCUT2D eigenvalue weighted by Gasteiger charge is -2.10. The third kappa shape index (κ3) is 4.42. The standard InChI is InChI=1S/C20H22N4O2/c1-3-25-16-9-5-14(6-10-16)20-23-18(21)13-19(24-20)22-15-7-11-17(12-8-15)26-4-2/h5-13H,3-4H2,1-2H3,(H3,21,22,23,24). The molecule has 0 saturated heterocycles. The minimum absolute atomic E-state index is 0.400. The van der Waals surface area contributed by atoms with Crippen LogP contribution in [0.5, 0.6) is 11.5 Å². The van der Waals surface area contributed by atoms with Crippen molar-refractivity contribution in [2.45, 2.75) is 13.8 Å². The third-order valence-electron chi connectivity index (χ3n) is 3.61. The van der Waals surface area contributed by atoms with Gasteiger partial charge in [0.15, 0.2) is 5.82 Å². The maximum atomic E-state index is 5.96. The zero-order valence-corrected chi connectivity index (χ0v) is 14.9.